The van der Waals surface area contributed by atoms with Crippen molar-refractivity contribution in [3.05, 3.63) is 35.1 Å². The van der Waals surface area contributed by atoms with Crippen molar-refractivity contribution < 1.29 is 31.9 Å². The highest BCUT2D eigenvalue weighted by Crippen LogP contribution is 2.30. The van der Waals surface area contributed by atoms with Crippen molar-refractivity contribution in [2.24, 2.45) is 0 Å². The van der Waals surface area contributed by atoms with Gasteiger partial charge in [0.2, 0.25) is 0 Å². The van der Waals surface area contributed by atoms with Crippen molar-refractivity contribution >= 4 is 11.9 Å². The van der Waals surface area contributed by atoms with Gasteiger partial charge in [0.25, 0.3) is 5.91 Å². The molecule has 0 heterocycles. The number of esters is 1. The average molecular weight is 307 g/mol. The number of halogens is 4. The molecule has 116 valence electrons. The highest BCUT2D eigenvalue weighted by atomic mass is 19.4. The van der Waals surface area contributed by atoms with E-state index in [1.165, 1.54) is 0 Å². The number of amides is 1. The Hall–Kier alpha value is -2.12. The number of methoxy groups -OCH3 is 1. The summed E-state index contributed by atoms with van der Waals surface area (Å²) in [6.45, 7) is 1.56. The van der Waals surface area contributed by atoms with E-state index in [1.807, 2.05) is 0 Å². The van der Waals surface area contributed by atoms with Crippen LogP contribution in [0.15, 0.2) is 18.2 Å². The summed E-state index contributed by atoms with van der Waals surface area (Å²) in [6.07, 6.45) is -4.55. The molecule has 0 aliphatic carbocycles. The Morgan fingerprint density at radius 2 is 1.95 bits per heavy atom. The second-order valence-corrected chi connectivity index (χ2v) is 4.15. The molecule has 0 fully saturated rings. The number of rotatable bonds is 4. The molecule has 0 aliphatic rings. The lowest BCUT2D eigenvalue weighted by molar-refractivity contribution is -0.143. The highest BCUT2D eigenvalue weighted by molar-refractivity contribution is 5.97. The van der Waals surface area contributed by atoms with Crippen molar-refractivity contribution in [1.29, 1.82) is 0 Å². The van der Waals surface area contributed by atoms with Crippen molar-refractivity contribution in [3.8, 4) is 0 Å². The number of hydrogen-bond donors (Lipinski definition) is 1. The quantitative estimate of drug-likeness (QED) is 0.687. The summed E-state index contributed by atoms with van der Waals surface area (Å²) in [4.78, 5) is 23.1. The molecule has 21 heavy (non-hydrogen) atoms. The lowest BCUT2D eigenvalue weighted by Gasteiger charge is -2.15. The summed E-state index contributed by atoms with van der Waals surface area (Å²) >= 11 is 0. The van der Waals surface area contributed by atoms with Crippen LogP contribution in [0, 0.1) is 5.82 Å². The van der Waals surface area contributed by atoms with Crippen LogP contribution >= 0.6 is 0 Å². The van der Waals surface area contributed by atoms with Crippen LogP contribution in [0.3, 0.4) is 0 Å². The van der Waals surface area contributed by atoms with E-state index >= 15 is 0 Å². The highest BCUT2D eigenvalue weighted by Gasteiger charge is 2.32. The fourth-order valence-electron chi connectivity index (χ4n) is 1.58. The first-order valence-electron chi connectivity index (χ1n) is 5.96. The minimum Gasteiger partial charge on any atom is -0.467 e. The van der Waals surface area contributed by atoms with Crippen LogP contribution in [-0.2, 0) is 15.7 Å². The number of ether oxygens (including phenoxy) is 1. The summed E-state index contributed by atoms with van der Waals surface area (Å²) in [5.74, 6) is -2.99. The number of benzene rings is 1. The van der Waals surface area contributed by atoms with Crippen LogP contribution in [0.2, 0.25) is 0 Å². The van der Waals surface area contributed by atoms with Crippen LogP contribution in [0.5, 0.6) is 0 Å². The molecule has 0 aromatic heterocycles. The third-order valence-corrected chi connectivity index (χ3v) is 2.74. The molecule has 0 radical (unpaired) electrons. The Morgan fingerprint density at radius 3 is 2.43 bits per heavy atom. The zero-order valence-corrected chi connectivity index (χ0v) is 11.3. The van der Waals surface area contributed by atoms with Crippen LogP contribution < -0.4 is 5.32 Å². The van der Waals surface area contributed by atoms with Gasteiger partial charge in [0.1, 0.15) is 11.9 Å². The van der Waals surface area contributed by atoms with Gasteiger partial charge in [0.15, 0.2) is 0 Å². The van der Waals surface area contributed by atoms with Gasteiger partial charge in [0.05, 0.1) is 18.2 Å². The second kappa shape index (κ2) is 6.55. The number of nitrogens with one attached hydrogen (secondary N) is 1. The van der Waals surface area contributed by atoms with Gasteiger partial charge in [-0.15, -0.1) is 0 Å². The summed E-state index contributed by atoms with van der Waals surface area (Å²) in [5.41, 5.74) is -1.94. The Kier molecular flexibility index (Phi) is 5.28. The van der Waals surface area contributed by atoms with Gasteiger partial charge < -0.3 is 10.1 Å². The van der Waals surface area contributed by atoms with Crippen LogP contribution in [0.4, 0.5) is 17.6 Å². The number of carbonyl (C=O) groups excluding carboxylic acids is 2. The zero-order chi connectivity index (χ0) is 16.2. The molecular weight excluding hydrogens is 294 g/mol. The topological polar surface area (TPSA) is 55.4 Å². The molecular formula is C13H13F4NO3. The van der Waals surface area contributed by atoms with Crippen molar-refractivity contribution in [1.82, 2.24) is 5.32 Å². The summed E-state index contributed by atoms with van der Waals surface area (Å²) in [5, 5.41) is 2.13. The van der Waals surface area contributed by atoms with Gasteiger partial charge >= 0.3 is 12.1 Å². The number of carbonyl (C=O) groups is 2. The normalized spacial score (nSPS) is 12.7. The van der Waals surface area contributed by atoms with E-state index in [0.717, 1.165) is 7.11 Å². The SMILES string of the molecule is CCC(NC(=O)c1cc(C(F)(F)F)ccc1F)C(=O)OC. The maximum absolute atomic E-state index is 13.5. The fraction of sp³-hybridized carbons (Fsp3) is 0.385. The van der Waals surface area contributed by atoms with Crippen LogP contribution in [-0.4, -0.2) is 25.0 Å². The van der Waals surface area contributed by atoms with Crippen molar-refractivity contribution in [2.75, 3.05) is 7.11 Å². The molecule has 0 bridgehead atoms. The molecule has 1 aromatic carbocycles. The Balaban J connectivity index is 3.04. The maximum Gasteiger partial charge on any atom is 0.416 e. The number of hydrogen-bond acceptors (Lipinski definition) is 3. The lowest BCUT2D eigenvalue weighted by Crippen LogP contribution is -2.41. The molecule has 1 aromatic rings. The summed E-state index contributed by atoms with van der Waals surface area (Å²) in [7, 11) is 1.10. The third kappa shape index (κ3) is 4.17. The largest absolute Gasteiger partial charge is 0.467 e. The molecule has 0 aliphatic heterocycles. The van der Waals surface area contributed by atoms with Gasteiger partial charge in [-0.25, -0.2) is 9.18 Å². The molecule has 1 rings (SSSR count). The first-order chi connectivity index (χ1) is 9.70. The zero-order valence-electron chi connectivity index (χ0n) is 11.3. The number of alkyl halides is 3. The van der Waals surface area contributed by atoms with E-state index in [-0.39, 0.29) is 6.42 Å². The second-order valence-electron chi connectivity index (χ2n) is 4.15. The molecule has 0 saturated heterocycles. The molecule has 1 unspecified atom stereocenters. The van der Waals surface area contributed by atoms with Gasteiger partial charge in [-0.1, -0.05) is 6.92 Å². The minimum absolute atomic E-state index is 0.152. The molecule has 1 amide bonds. The van der Waals surface area contributed by atoms with E-state index in [4.69, 9.17) is 0 Å². The van der Waals surface area contributed by atoms with Crippen LogP contribution in [0.1, 0.15) is 29.3 Å². The molecule has 4 nitrogen and oxygen atoms in total. The molecule has 0 saturated carbocycles. The van der Waals surface area contributed by atoms with Gasteiger partial charge in [0, 0.05) is 0 Å². The van der Waals surface area contributed by atoms with Gasteiger partial charge in [-0.3, -0.25) is 4.79 Å². The summed E-state index contributed by atoms with van der Waals surface area (Å²) < 4.78 is 55.6. The van der Waals surface area contributed by atoms with E-state index in [9.17, 15) is 27.2 Å². The minimum atomic E-state index is -4.70. The first kappa shape index (κ1) is 16.9. The van der Waals surface area contributed by atoms with Crippen molar-refractivity contribution in [2.45, 2.75) is 25.6 Å². The maximum atomic E-state index is 13.5. The van der Waals surface area contributed by atoms with E-state index in [2.05, 4.69) is 10.1 Å². The van der Waals surface area contributed by atoms with Crippen LogP contribution in [0.25, 0.3) is 0 Å². The lowest BCUT2D eigenvalue weighted by atomic mass is 10.1. The first-order valence-corrected chi connectivity index (χ1v) is 5.96. The standard InChI is InChI=1S/C13H13F4NO3/c1-3-10(12(20)21-2)18-11(19)8-6-7(13(15,16)17)4-5-9(8)14/h4-6,10H,3H2,1-2H3,(H,18,19). The van der Waals surface area contributed by atoms with Crippen molar-refractivity contribution in [3.63, 3.8) is 0 Å². The van der Waals surface area contributed by atoms with Gasteiger partial charge in [-0.05, 0) is 24.6 Å². The summed E-state index contributed by atoms with van der Waals surface area (Å²) in [6, 6.07) is 0.423. The Bertz CT molecular complexity index is 543. The average Bonchev–Trinajstić information content (AvgIpc) is 2.42. The van der Waals surface area contributed by atoms with Gasteiger partial charge in [-0.2, -0.15) is 13.2 Å². The fourth-order valence-corrected chi connectivity index (χ4v) is 1.58. The smallest absolute Gasteiger partial charge is 0.416 e. The molecule has 1 atom stereocenters. The third-order valence-electron chi connectivity index (χ3n) is 2.74. The predicted octanol–water partition coefficient (Wildman–Crippen LogP) is 2.53. The monoisotopic (exact) mass is 307 g/mol. The Morgan fingerprint density at radius 1 is 1.33 bits per heavy atom. The molecule has 8 heteroatoms. The predicted molar refractivity (Wildman–Crippen MR) is 65.0 cm³/mol. The molecule has 1 N–H and O–H groups in total. The van der Waals surface area contributed by atoms with E-state index in [0.29, 0.717) is 18.2 Å². The van der Waals surface area contributed by atoms with E-state index < -0.39 is 41.0 Å². The molecule has 0 spiro atoms. The van der Waals surface area contributed by atoms with E-state index in [1.54, 1.807) is 6.92 Å². The Labute approximate surface area is 118 Å².